The van der Waals surface area contributed by atoms with Crippen LogP contribution in [0.1, 0.15) is 27.9 Å². The summed E-state index contributed by atoms with van der Waals surface area (Å²) < 4.78 is 24.2. The molecule has 0 aromatic heterocycles. The molecule has 3 rings (SSSR count). The first-order valence-electron chi connectivity index (χ1n) is 7.14. The van der Waals surface area contributed by atoms with Crippen molar-refractivity contribution in [3.05, 3.63) is 40.7 Å². The van der Waals surface area contributed by atoms with Crippen molar-refractivity contribution in [2.24, 2.45) is 0 Å². The van der Waals surface area contributed by atoms with Gasteiger partial charge in [0.05, 0.1) is 25.9 Å². The molecule has 5 heteroatoms. The van der Waals surface area contributed by atoms with Gasteiger partial charge < -0.3 is 14.4 Å². The van der Waals surface area contributed by atoms with Crippen LogP contribution in [0.3, 0.4) is 0 Å². The largest absolute Gasteiger partial charge is 0.465 e. The zero-order chi connectivity index (χ0) is 14.8. The molecule has 0 N–H and O–H groups in total. The van der Waals surface area contributed by atoms with Crippen molar-refractivity contribution in [3.8, 4) is 0 Å². The zero-order valence-corrected chi connectivity index (χ0v) is 12.0. The Morgan fingerprint density at radius 1 is 1.33 bits per heavy atom. The van der Waals surface area contributed by atoms with E-state index in [0.29, 0.717) is 13.2 Å². The van der Waals surface area contributed by atoms with Gasteiger partial charge in [0.2, 0.25) is 0 Å². The van der Waals surface area contributed by atoms with Crippen LogP contribution in [0.2, 0.25) is 0 Å². The number of halogens is 1. The minimum atomic E-state index is -0.627. The minimum Gasteiger partial charge on any atom is -0.465 e. The number of benzene rings is 1. The lowest BCUT2D eigenvalue weighted by atomic mass is 9.91. The second-order valence-corrected chi connectivity index (χ2v) is 5.21. The van der Waals surface area contributed by atoms with Crippen LogP contribution in [0.25, 0.3) is 5.70 Å². The Hall–Kier alpha value is -1.88. The van der Waals surface area contributed by atoms with E-state index < -0.39 is 11.8 Å². The standard InChI is InChI=1S/C16H18FNO3/c1-20-16(19)13-9-11-3-2-4-15(12(11)10-14(13)17)18-5-7-21-8-6-18/h4,9-10H,2-3,5-8H2,1H3. The lowest BCUT2D eigenvalue weighted by molar-refractivity contribution is 0.0595. The van der Waals surface area contributed by atoms with Crippen molar-refractivity contribution in [2.45, 2.75) is 12.8 Å². The van der Waals surface area contributed by atoms with Gasteiger partial charge in [-0.05, 0) is 30.5 Å². The Bertz CT molecular complexity index is 591. The van der Waals surface area contributed by atoms with Crippen LogP contribution in [0.15, 0.2) is 18.2 Å². The maximum atomic E-state index is 14.2. The third kappa shape index (κ3) is 2.65. The molecule has 1 aromatic rings. The number of fused-ring (bicyclic) bond motifs is 1. The van der Waals surface area contributed by atoms with E-state index in [1.165, 1.54) is 13.2 Å². The lowest BCUT2D eigenvalue weighted by Crippen LogP contribution is -2.35. The van der Waals surface area contributed by atoms with E-state index in [-0.39, 0.29) is 5.56 Å². The van der Waals surface area contributed by atoms with E-state index in [1.54, 1.807) is 6.07 Å². The Morgan fingerprint density at radius 3 is 2.81 bits per heavy atom. The summed E-state index contributed by atoms with van der Waals surface area (Å²) in [5, 5.41) is 0. The summed E-state index contributed by atoms with van der Waals surface area (Å²) >= 11 is 0. The van der Waals surface area contributed by atoms with Gasteiger partial charge in [0, 0.05) is 24.4 Å². The van der Waals surface area contributed by atoms with Crippen molar-refractivity contribution in [3.63, 3.8) is 0 Å². The average Bonchev–Trinajstić information content (AvgIpc) is 2.54. The second kappa shape index (κ2) is 5.85. The molecule has 1 aromatic carbocycles. The van der Waals surface area contributed by atoms with Gasteiger partial charge in [0.25, 0.3) is 0 Å². The van der Waals surface area contributed by atoms with E-state index in [2.05, 4.69) is 15.7 Å². The molecule has 2 aliphatic rings. The van der Waals surface area contributed by atoms with Gasteiger partial charge >= 0.3 is 5.97 Å². The normalized spacial score (nSPS) is 18.0. The van der Waals surface area contributed by atoms with Crippen molar-refractivity contribution in [1.29, 1.82) is 0 Å². The van der Waals surface area contributed by atoms with Gasteiger partial charge in [-0.25, -0.2) is 9.18 Å². The highest BCUT2D eigenvalue weighted by molar-refractivity contribution is 5.90. The molecule has 1 aliphatic carbocycles. The van der Waals surface area contributed by atoms with E-state index in [4.69, 9.17) is 4.74 Å². The lowest BCUT2D eigenvalue weighted by Gasteiger charge is -2.33. The monoisotopic (exact) mass is 291 g/mol. The van der Waals surface area contributed by atoms with Gasteiger partial charge in [0.1, 0.15) is 5.82 Å². The highest BCUT2D eigenvalue weighted by atomic mass is 19.1. The van der Waals surface area contributed by atoms with Gasteiger partial charge in [-0.3, -0.25) is 0 Å². The highest BCUT2D eigenvalue weighted by Gasteiger charge is 2.23. The summed E-state index contributed by atoms with van der Waals surface area (Å²) in [4.78, 5) is 13.8. The van der Waals surface area contributed by atoms with Gasteiger partial charge in [-0.2, -0.15) is 0 Å². The average molecular weight is 291 g/mol. The summed E-state index contributed by atoms with van der Waals surface area (Å²) in [5.74, 6) is -1.15. The molecular weight excluding hydrogens is 273 g/mol. The van der Waals surface area contributed by atoms with Gasteiger partial charge in [-0.15, -0.1) is 0 Å². The highest BCUT2D eigenvalue weighted by Crippen LogP contribution is 2.31. The molecular formula is C16H18FNO3. The predicted octanol–water partition coefficient (Wildman–Crippen LogP) is 2.23. The zero-order valence-electron chi connectivity index (χ0n) is 12.0. The molecule has 1 fully saturated rings. The number of esters is 1. The fourth-order valence-corrected chi connectivity index (χ4v) is 2.91. The van der Waals surface area contributed by atoms with Crippen molar-refractivity contribution >= 4 is 11.7 Å². The predicted molar refractivity (Wildman–Crippen MR) is 76.4 cm³/mol. The van der Waals surface area contributed by atoms with Crippen LogP contribution in [0, 0.1) is 5.82 Å². The third-order valence-electron chi connectivity index (χ3n) is 3.98. The Balaban J connectivity index is 1.98. The van der Waals surface area contributed by atoms with E-state index in [1.807, 2.05) is 0 Å². The number of hydrogen-bond acceptors (Lipinski definition) is 4. The van der Waals surface area contributed by atoms with Crippen molar-refractivity contribution in [1.82, 2.24) is 4.90 Å². The second-order valence-electron chi connectivity index (χ2n) is 5.21. The molecule has 112 valence electrons. The molecule has 21 heavy (non-hydrogen) atoms. The first-order chi connectivity index (χ1) is 10.2. The molecule has 0 spiro atoms. The van der Waals surface area contributed by atoms with Crippen LogP contribution >= 0.6 is 0 Å². The number of aryl methyl sites for hydroxylation is 1. The SMILES string of the molecule is COC(=O)c1cc2c(cc1F)C(N1CCOCC1)=CCC2. The summed E-state index contributed by atoms with van der Waals surface area (Å²) in [6.07, 6.45) is 3.85. The topological polar surface area (TPSA) is 38.8 Å². The summed E-state index contributed by atoms with van der Waals surface area (Å²) in [6.45, 7) is 3.00. The smallest absolute Gasteiger partial charge is 0.340 e. The van der Waals surface area contributed by atoms with E-state index in [9.17, 15) is 9.18 Å². The maximum absolute atomic E-state index is 14.2. The quantitative estimate of drug-likeness (QED) is 0.783. The molecule has 0 radical (unpaired) electrons. The molecule has 0 unspecified atom stereocenters. The number of allylic oxidation sites excluding steroid dienone is 1. The molecule has 0 saturated carbocycles. The number of rotatable bonds is 2. The minimum absolute atomic E-state index is 0.0134. The van der Waals surface area contributed by atoms with Gasteiger partial charge in [-0.1, -0.05) is 6.08 Å². The summed E-state index contributed by atoms with van der Waals surface area (Å²) in [5.41, 5.74) is 2.95. The van der Waals surface area contributed by atoms with Crippen LogP contribution in [-0.4, -0.2) is 44.3 Å². The molecule has 1 saturated heterocycles. The molecule has 4 nitrogen and oxygen atoms in total. The van der Waals surface area contributed by atoms with Crippen molar-refractivity contribution < 1.29 is 18.7 Å². The number of ether oxygens (including phenoxy) is 2. The van der Waals surface area contributed by atoms with Crippen LogP contribution in [0.4, 0.5) is 4.39 Å². The van der Waals surface area contributed by atoms with Crippen molar-refractivity contribution in [2.75, 3.05) is 33.4 Å². The number of methoxy groups -OCH3 is 1. The number of carbonyl (C=O) groups is 1. The number of carbonyl (C=O) groups excluding carboxylic acids is 1. The Kier molecular flexibility index (Phi) is 3.92. The molecule has 1 heterocycles. The van der Waals surface area contributed by atoms with E-state index in [0.717, 1.165) is 42.8 Å². The number of hydrogen-bond donors (Lipinski definition) is 0. The van der Waals surface area contributed by atoms with Crippen LogP contribution < -0.4 is 0 Å². The number of nitrogens with zero attached hydrogens (tertiary/aromatic N) is 1. The summed E-state index contributed by atoms with van der Waals surface area (Å²) in [6, 6.07) is 3.09. The Morgan fingerprint density at radius 2 is 2.10 bits per heavy atom. The maximum Gasteiger partial charge on any atom is 0.340 e. The molecule has 0 atom stereocenters. The first kappa shape index (κ1) is 14.1. The first-order valence-corrected chi connectivity index (χ1v) is 7.14. The number of morpholine rings is 1. The molecule has 0 bridgehead atoms. The van der Waals surface area contributed by atoms with Crippen LogP contribution in [0.5, 0.6) is 0 Å². The molecule has 1 aliphatic heterocycles. The van der Waals surface area contributed by atoms with E-state index >= 15 is 0 Å². The summed E-state index contributed by atoms with van der Waals surface area (Å²) in [7, 11) is 1.26. The third-order valence-corrected chi connectivity index (χ3v) is 3.98. The Labute approximate surface area is 123 Å². The fourth-order valence-electron chi connectivity index (χ4n) is 2.91. The fraction of sp³-hybridized carbons (Fsp3) is 0.438. The van der Waals surface area contributed by atoms with Gasteiger partial charge in [0.15, 0.2) is 0 Å². The van der Waals surface area contributed by atoms with Crippen LogP contribution in [-0.2, 0) is 15.9 Å². The molecule has 0 amide bonds.